The van der Waals surface area contributed by atoms with Gasteiger partial charge in [0, 0.05) is 11.1 Å². The first-order chi connectivity index (χ1) is 16.3. The van der Waals surface area contributed by atoms with Crippen LogP contribution in [-0.2, 0) is 27.4 Å². The minimum atomic E-state index is -1.40. The summed E-state index contributed by atoms with van der Waals surface area (Å²) in [5.41, 5.74) is -0.00981. The highest BCUT2D eigenvalue weighted by Crippen LogP contribution is 2.16. The molecule has 2 aromatic carbocycles. The Morgan fingerprint density at radius 2 is 1.09 bits per heavy atom. The van der Waals surface area contributed by atoms with E-state index in [1.54, 1.807) is 24.3 Å². The molecular weight excluding hydrogens is 448 g/mol. The van der Waals surface area contributed by atoms with Gasteiger partial charge in [-0.2, -0.15) is 0 Å². The first-order valence-electron chi connectivity index (χ1n) is 11.8. The summed E-state index contributed by atoms with van der Waals surface area (Å²) in [7, 11) is 0. The standard InChI is InChI=1S/C28H38O7/c1-19(15-33-17-21-7-11-23(12-8-21)25(29)27(3,4)31)34-16-20(2)35-18-22-9-13-24(14-10-22)26(30)28(5,6)32/h7-14,19-20,31-32H,15-18H2,1-6H3. The highest BCUT2D eigenvalue weighted by Gasteiger charge is 2.25. The van der Waals surface area contributed by atoms with Gasteiger partial charge in [-0.3, -0.25) is 9.59 Å². The molecule has 0 aromatic heterocycles. The van der Waals surface area contributed by atoms with Crippen molar-refractivity contribution in [2.24, 2.45) is 0 Å². The summed E-state index contributed by atoms with van der Waals surface area (Å²) in [6.45, 7) is 11.3. The second kappa shape index (κ2) is 12.5. The number of hydrogen-bond donors (Lipinski definition) is 2. The number of hydrogen-bond acceptors (Lipinski definition) is 7. The van der Waals surface area contributed by atoms with Gasteiger partial charge in [-0.1, -0.05) is 48.5 Å². The van der Waals surface area contributed by atoms with Crippen LogP contribution in [0.4, 0.5) is 0 Å². The number of ketones is 2. The van der Waals surface area contributed by atoms with E-state index >= 15 is 0 Å². The number of rotatable bonds is 14. The van der Waals surface area contributed by atoms with Crippen LogP contribution in [0.5, 0.6) is 0 Å². The molecule has 0 fully saturated rings. The molecule has 0 aliphatic carbocycles. The lowest BCUT2D eigenvalue weighted by Crippen LogP contribution is -2.31. The number of aliphatic hydroxyl groups is 2. The Balaban J connectivity index is 1.67. The van der Waals surface area contributed by atoms with Crippen molar-refractivity contribution in [2.45, 2.75) is 78.2 Å². The summed E-state index contributed by atoms with van der Waals surface area (Å²) in [6, 6.07) is 14.0. The molecule has 0 saturated carbocycles. The fraction of sp³-hybridized carbons (Fsp3) is 0.500. The van der Waals surface area contributed by atoms with Crippen molar-refractivity contribution >= 4 is 11.6 Å². The summed E-state index contributed by atoms with van der Waals surface area (Å²) in [4.78, 5) is 24.2. The number of carbonyl (C=O) groups excluding carboxylic acids is 2. The van der Waals surface area contributed by atoms with Gasteiger partial charge in [0.2, 0.25) is 0 Å². The molecule has 0 amide bonds. The number of ether oxygens (including phenoxy) is 3. The molecule has 35 heavy (non-hydrogen) atoms. The van der Waals surface area contributed by atoms with E-state index in [0.29, 0.717) is 37.6 Å². The molecular formula is C28H38O7. The molecule has 2 N–H and O–H groups in total. The molecule has 192 valence electrons. The Morgan fingerprint density at radius 1 is 0.686 bits per heavy atom. The second-order valence-corrected chi connectivity index (χ2v) is 9.95. The topological polar surface area (TPSA) is 102 Å². The smallest absolute Gasteiger partial charge is 0.193 e. The van der Waals surface area contributed by atoms with Crippen LogP contribution in [-0.4, -0.2) is 58.4 Å². The molecule has 7 heteroatoms. The van der Waals surface area contributed by atoms with Crippen molar-refractivity contribution in [3.8, 4) is 0 Å². The number of benzene rings is 2. The van der Waals surface area contributed by atoms with Crippen LogP contribution >= 0.6 is 0 Å². The van der Waals surface area contributed by atoms with Crippen molar-refractivity contribution in [1.82, 2.24) is 0 Å². The van der Waals surface area contributed by atoms with E-state index in [1.807, 2.05) is 38.1 Å². The van der Waals surface area contributed by atoms with E-state index in [9.17, 15) is 19.8 Å². The fourth-order valence-electron chi connectivity index (χ4n) is 3.19. The van der Waals surface area contributed by atoms with E-state index in [2.05, 4.69) is 0 Å². The second-order valence-electron chi connectivity index (χ2n) is 9.95. The zero-order chi connectivity index (χ0) is 26.2. The quantitative estimate of drug-likeness (QED) is 0.387. The molecule has 0 saturated heterocycles. The van der Waals surface area contributed by atoms with E-state index in [0.717, 1.165) is 11.1 Å². The first kappa shape index (κ1) is 28.8. The molecule has 0 radical (unpaired) electrons. The van der Waals surface area contributed by atoms with Crippen LogP contribution < -0.4 is 0 Å². The predicted octanol–water partition coefficient (Wildman–Crippen LogP) is 4.12. The van der Waals surface area contributed by atoms with Crippen LogP contribution in [0.25, 0.3) is 0 Å². The SMILES string of the molecule is CC(COCc1ccc(C(=O)C(C)(C)O)cc1)OCC(C)OCc1ccc(C(=O)C(C)(C)O)cc1. The van der Waals surface area contributed by atoms with Gasteiger partial charge in [0.1, 0.15) is 11.2 Å². The van der Waals surface area contributed by atoms with Crippen molar-refractivity contribution in [2.75, 3.05) is 13.2 Å². The van der Waals surface area contributed by atoms with Crippen molar-refractivity contribution < 1.29 is 34.0 Å². The third-order valence-electron chi connectivity index (χ3n) is 5.31. The number of carbonyl (C=O) groups is 2. The van der Waals surface area contributed by atoms with Gasteiger partial charge >= 0.3 is 0 Å². The Labute approximate surface area is 208 Å². The summed E-state index contributed by atoms with van der Waals surface area (Å²) >= 11 is 0. The lowest BCUT2D eigenvalue weighted by Gasteiger charge is -2.18. The third-order valence-corrected chi connectivity index (χ3v) is 5.31. The Hall–Kier alpha value is -2.42. The normalized spacial score (nSPS) is 13.9. The van der Waals surface area contributed by atoms with E-state index < -0.39 is 11.2 Å². The summed E-state index contributed by atoms with van der Waals surface area (Å²) in [5.74, 6) is -0.637. The highest BCUT2D eigenvalue weighted by molar-refractivity contribution is 6.02. The maximum atomic E-state index is 12.1. The van der Waals surface area contributed by atoms with Gasteiger partial charge in [0.05, 0.1) is 38.6 Å². The average Bonchev–Trinajstić information content (AvgIpc) is 2.80. The minimum Gasteiger partial charge on any atom is -0.382 e. The predicted molar refractivity (Wildman–Crippen MR) is 133 cm³/mol. The fourth-order valence-corrected chi connectivity index (χ4v) is 3.19. The molecule has 0 bridgehead atoms. The Kier molecular flexibility index (Phi) is 10.3. The third kappa shape index (κ3) is 9.63. The average molecular weight is 487 g/mol. The van der Waals surface area contributed by atoms with Gasteiger partial charge in [-0.25, -0.2) is 0 Å². The largest absolute Gasteiger partial charge is 0.382 e. The molecule has 2 unspecified atom stereocenters. The molecule has 7 nitrogen and oxygen atoms in total. The lowest BCUT2D eigenvalue weighted by atomic mass is 9.96. The van der Waals surface area contributed by atoms with Crippen LogP contribution in [0.15, 0.2) is 48.5 Å². The van der Waals surface area contributed by atoms with Crippen LogP contribution in [0.1, 0.15) is 73.4 Å². The van der Waals surface area contributed by atoms with Gasteiger partial charge < -0.3 is 24.4 Å². The van der Waals surface area contributed by atoms with Crippen LogP contribution in [0.3, 0.4) is 0 Å². The maximum Gasteiger partial charge on any atom is 0.193 e. The Bertz CT molecular complexity index is 951. The van der Waals surface area contributed by atoms with Gasteiger partial charge in [-0.05, 0) is 52.7 Å². The molecule has 0 heterocycles. The molecule has 2 atom stereocenters. The molecule has 0 aliphatic rings. The molecule has 2 aromatic rings. The van der Waals surface area contributed by atoms with Crippen LogP contribution in [0, 0.1) is 0 Å². The maximum absolute atomic E-state index is 12.1. The van der Waals surface area contributed by atoms with E-state index in [-0.39, 0.29) is 23.8 Å². The monoisotopic (exact) mass is 486 g/mol. The van der Waals surface area contributed by atoms with Gasteiger partial charge in [0.25, 0.3) is 0 Å². The minimum absolute atomic E-state index is 0.121. The van der Waals surface area contributed by atoms with Crippen molar-refractivity contribution in [3.63, 3.8) is 0 Å². The Morgan fingerprint density at radius 3 is 1.51 bits per heavy atom. The summed E-state index contributed by atoms with van der Waals surface area (Å²) in [5, 5.41) is 19.7. The summed E-state index contributed by atoms with van der Waals surface area (Å²) < 4.78 is 17.4. The molecule has 0 aliphatic heterocycles. The zero-order valence-corrected chi connectivity index (χ0v) is 21.5. The van der Waals surface area contributed by atoms with E-state index in [1.165, 1.54) is 27.7 Å². The summed E-state index contributed by atoms with van der Waals surface area (Å²) in [6.07, 6.45) is -0.250. The first-order valence-corrected chi connectivity index (χ1v) is 11.8. The van der Waals surface area contributed by atoms with Crippen molar-refractivity contribution in [1.29, 1.82) is 0 Å². The van der Waals surface area contributed by atoms with Crippen molar-refractivity contribution in [3.05, 3.63) is 70.8 Å². The molecule has 2 rings (SSSR count). The van der Waals surface area contributed by atoms with Gasteiger partial charge in [0.15, 0.2) is 11.6 Å². The zero-order valence-electron chi connectivity index (χ0n) is 21.5. The van der Waals surface area contributed by atoms with Crippen LogP contribution in [0.2, 0.25) is 0 Å². The van der Waals surface area contributed by atoms with E-state index in [4.69, 9.17) is 14.2 Å². The highest BCUT2D eigenvalue weighted by atomic mass is 16.6. The number of Topliss-reactive ketones (excluding diaryl/α,β-unsaturated/α-hetero) is 2. The lowest BCUT2D eigenvalue weighted by molar-refractivity contribution is -0.0633. The molecule has 0 spiro atoms. The van der Waals surface area contributed by atoms with Gasteiger partial charge in [-0.15, -0.1) is 0 Å².